The summed E-state index contributed by atoms with van der Waals surface area (Å²) in [6.07, 6.45) is 6.32. The second-order valence-electron chi connectivity index (χ2n) is 4.23. The standard InChI is InChI=1S/C13H24O5.H3N/c1-17-10-11-18-13(16)9-7-5-3-2-4-6-8-12(14)15;/h2-11H2,1H3,(H,14,15);1H3. The van der Waals surface area contributed by atoms with Crippen molar-refractivity contribution in [3.63, 3.8) is 0 Å². The first-order valence-corrected chi connectivity index (χ1v) is 6.53. The van der Waals surface area contributed by atoms with Crippen molar-refractivity contribution in [2.24, 2.45) is 0 Å². The first-order valence-electron chi connectivity index (χ1n) is 6.53. The molecule has 6 nitrogen and oxygen atoms in total. The normalized spacial score (nSPS) is 9.74. The maximum absolute atomic E-state index is 11.2. The number of carboxylic acids is 1. The molecular weight excluding hydrogens is 250 g/mol. The number of aliphatic carboxylic acids is 1. The number of unbranched alkanes of at least 4 members (excludes halogenated alkanes) is 5. The van der Waals surface area contributed by atoms with Gasteiger partial charge >= 0.3 is 11.9 Å². The van der Waals surface area contributed by atoms with Crippen molar-refractivity contribution in [2.45, 2.75) is 51.4 Å². The number of carbonyl (C=O) groups excluding carboxylic acids is 1. The SMILES string of the molecule is COCCOC(=O)CCCCCCCCC(=O)O.N. The van der Waals surface area contributed by atoms with Crippen LogP contribution in [0.2, 0.25) is 0 Å². The van der Waals surface area contributed by atoms with Gasteiger partial charge in [-0.1, -0.05) is 25.7 Å². The van der Waals surface area contributed by atoms with E-state index in [-0.39, 0.29) is 18.5 Å². The van der Waals surface area contributed by atoms with Crippen molar-refractivity contribution in [3.05, 3.63) is 0 Å². The highest BCUT2D eigenvalue weighted by Gasteiger charge is 2.02. The molecule has 0 aromatic carbocycles. The van der Waals surface area contributed by atoms with Gasteiger partial charge in [-0.05, 0) is 12.8 Å². The summed E-state index contributed by atoms with van der Waals surface area (Å²) in [5.41, 5.74) is 0. The van der Waals surface area contributed by atoms with E-state index in [2.05, 4.69) is 0 Å². The zero-order valence-electron chi connectivity index (χ0n) is 11.9. The van der Waals surface area contributed by atoms with Crippen LogP contribution >= 0.6 is 0 Å². The van der Waals surface area contributed by atoms with Gasteiger partial charge in [-0.2, -0.15) is 0 Å². The average molecular weight is 277 g/mol. The molecule has 0 heterocycles. The number of esters is 1. The molecule has 0 fully saturated rings. The molecule has 0 spiro atoms. The predicted molar refractivity (Wildman–Crippen MR) is 72.4 cm³/mol. The van der Waals surface area contributed by atoms with Crippen molar-refractivity contribution in [1.29, 1.82) is 0 Å². The number of carboxylic acid groups (broad SMARTS) is 1. The minimum absolute atomic E-state index is 0. The molecule has 0 saturated carbocycles. The van der Waals surface area contributed by atoms with Crippen molar-refractivity contribution in [3.8, 4) is 0 Å². The van der Waals surface area contributed by atoms with E-state index in [1.165, 1.54) is 0 Å². The Balaban J connectivity index is 0. The number of methoxy groups -OCH3 is 1. The summed E-state index contributed by atoms with van der Waals surface area (Å²) in [7, 11) is 1.57. The molecule has 0 radical (unpaired) electrons. The summed E-state index contributed by atoms with van der Waals surface area (Å²) in [5, 5.41) is 8.44. The monoisotopic (exact) mass is 277 g/mol. The van der Waals surface area contributed by atoms with Crippen LogP contribution in [-0.4, -0.2) is 37.4 Å². The van der Waals surface area contributed by atoms with Gasteiger partial charge in [0.25, 0.3) is 0 Å². The van der Waals surface area contributed by atoms with E-state index < -0.39 is 5.97 Å². The molecule has 0 aromatic rings. The topological polar surface area (TPSA) is 108 Å². The van der Waals surface area contributed by atoms with Gasteiger partial charge < -0.3 is 20.7 Å². The molecule has 4 N–H and O–H groups in total. The van der Waals surface area contributed by atoms with Crippen molar-refractivity contribution < 1.29 is 24.2 Å². The lowest BCUT2D eigenvalue weighted by molar-refractivity contribution is -0.145. The van der Waals surface area contributed by atoms with Crippen LogP contribution in [0.5, 0.6) is 0 Å². The molecule has 0 atom stereocenters. The summed E-state index contributed by atoms with van der Waals surface area (Å²) in [4.78, 5) is 21.4. The number of rotatable bonds is 12. The molecule has 0 bridgehead atoms. The van der Waals surface area contributed by atoms with Gasteiger partial charge in [0.15, 0.2) is 0 Å². The summed E-state index contributed by atoms with van der Waals surface area (Å²) >= 11 is 0. The van der Waals surface area contributed by atoms with E-state index in [4.69, 9.17) is 14.6 Å². The van der Waals surface area contributed by atoms with Crippen LogP contribution in [0.1, 0.15) is 51.4 Å². The highest BCUT2D eigenvalue weighted by Crippen LogP contribution is 2.09. The van der Waals surface area contributed by atoms with Gasteiger partial charge in [0.05, 0.1) is 6.61 Å². The maximum atomic E-state index is 11.2. The first kappa shape index (κ1) is 20.2. The number of ether oxygens (including phenoxy) is 2. The average Bonchev–Trinajstić information content (AvgIpc) is 2.32. The Morgan fingerprint density at radius 2 is 1.42 bits per heavy atom. The van der Waals surface area contributed by atoms with Crippen molar-refractivity contribution >= 4 is 11.9 Å². The lowest BCUT2D eigenvalue weighted by Gasteiger charge is -2.04. The predicted octanol–water partition coefficient (Wildman–Crippen LogP) is 2.54. The highest BCUT2D eigenvalue weighted by atomic mass is 16.6. The van der Waals surface area contributed by atoms with Gasteiger partial charge in [0, 0.05) is 20.0 Å². The largest absolute Gasteiger partial charge is 0.481 e. The lowest BCUT2D eigenvalue weighted by Crippen LogP contribution is -2.09. The number of carbonyl (C=O) groups is 2. The zero-order chi connectivity index (χ0) is 13.6. The molecule has 0 saturated heterocycles. The quantitative estimate of drug-likeness (QED) is 0.419. The summed E-state index contributed by atoms with van der Waals surface area (Å²) < 4.78 is 9.70. The minimum atomic E-state index is -0.728. The summed E-state index contributed by atoms with van der Waals surface area (Å²) in [6, 6.07) is 0. The van der Waals surface area contributed by atoms with E-state index in [0.717, 1.165) is 38.5 Å². The molecule has 0 aromatic heterocycles. The third-order valence-electron chi connectivity index (χ3n) is 2.57. The van der Waals surface area contributed by atoms with Gasteiger partial charge in [0.1, 0.15) is 6.61 Å². The van der Waals surface area contributed by atoms with Crippen LogP contribution in [0, 0.1) is 0 Å². The first-order chi connectivity index (χ1) is 8.66. The van der Waals surface area contributed by atoms with E-state index in [9.17, 15) is 9.59 Å². The Kier molecular flexibility index (Phi) is 15.8. The Bertz CT molecular complexity index is 233. The molecular formula is C13H27NO5. The molecule has 0 aliphatic carbocycles. The fourth-order valence-corrected chi connectivity index (χ4v) is 1.56. The minimum Gasteiger partial charge on any atom is -0.481 e. The smallest absolute Gasteiger partial charge is 0.305 e. The van der Waals surface area contributed by atoms with E-state index >= 15 is 0 Å². The van der Waals surface area contributed by atoms with Crippen LogP contribution < -0.4 is 6.15 Å². The van der Waals surface area contributed by atoms with Crippen molar-refractivity contribution in [1.82, 2.24) is 6.15 Å². The lowest BCUT2D eigenvalue weighted by atomic mass is 10.1. The fraction of sp³-hybridized carbons (Fsp3) is 0.846. The third kappa shape index (κ3) is 16.9. The molecule has 19 heavy (non-hydrogen) atoms. The van der Waals surface area contributed by atoms with Gasteiger partial charge in [-0.25, -0.2) is 0 Å². The highest BCUT2D eigenvalue weighted by molar-refractivity contribution is 5.69. The molecule has 114 valence electrons. The second-order valence-corrected chi connectivity index (χ2v) is 4.23. The molecule has 0 aliphatic rings. The molecule has 0 aliphatic heterocycles. The van der Waals surface area contributed by atoms with Crippen LogP contribution in [0.3, 0.4) is 0 Å². The van der Waals surface area contributed by atoms with E-state index in [1.54, 1.807) is 7.11 Å². The molecule has 0 unspecified atom stereocenters. The Labute approximate surface area is 115 Å². The van der Waals surface area contributed by atoms with Gasteiger partial charge in [-0.3, -0.25) is 9.59 Å². The second kappa shape index (κ2) is 14.9. The third-order valence-corrected chi connectivity index (χ3v) is 2.57. The van der Waals surface area contributed by atoms with E-state index in [0.29, 0.717) is 19.6 Å². The summed E-state index contributed by atoms with van der Waals surface area (Å²) in [6.45, 7) is 0.764. The van der Waals surface area contributed by atoms with Crippen LogP contribution in [-0.2, 0) is 19.1 Å². The van der Waals surface area contributed by atoms with Crippen molar-refractivity contribution in [2.75, 3.05) is 20.3 Å². The maximum Gasteiger partial charge on any atom is 0.305 e. The Morgan fingerprint density at radius 1 is 0.895 bits per heavy atom. The Hall–Kier alpha value is -1.14. The van der Waals surface area contributed by atoms with Crippen LogP contribution in [0.4, 0.5) is 0 Å². The van der Waals surface area contributed by atoms with Crippen LogP contribution in [0.25, 0.3) is 0 Å². The van der Waals surface area contributed by atoms with Gasteiger partial charge in [-0.15, -0.1) is 0 Å². The van der Waals surface area contributed by atoms with Gasteiger partial charge in [0.2, 0.25) is 0 Å². The number of hydrogen-bond donors (Lipinski definition) is 2. The fourth-order valence-electron chi connectivity index (χ4n) is 1.56. The molecule has 0 amide bonds. The van der Waals surface area contributed by atoms with E-state index in [1.807, 2.05) is 0 Å². The molecule has 6 heteroatoms. The van der Waals surface area contributed by atoms with Crippen LogP contribution in [0.15, 0.2) is 0 Å². The number of hydrogen-bond acceptors (Lipinski definition) is 5. The molecule has 0 rings (SSSR count). The summed E-state index contributed by atoms with van der Waals surface area (Å²) in [5.74, 6) is -0.897. The Morgan fingerprint density at radius 3 is 1.95 bits per heavy atom. The zero-order valence-corrected chi connectivity index (χ0v) is 11.9.